The Kier molecular flexibility index (Phi) is 4.52. The molecule has 1 unspecified atom stereocenters. The molecule has 1 aliphatic rings. The van der Waals surface area contributed by atoms with E-state index in [1.807, 2.05) is 18.2 Å². The van der Waals surface area contributed by atoms with Crippen LogP contribution in [0.1, 0.15) is 13.3 Å². The molecule has 0 saturated carbocycles. The number of hydrogen-bond acceptors (Lipinski definition) is 3. The minimum absolute atomic E-state index is 0.0597. The highest BCUT2D eigenvalue weighted by Crippen LogP contribution is 2.30. The van der Waals surface area contributed by atoms with Crippen molar-refractivity contribution in [3.63, 3.8) is 0 Å². The van der Waals surface area contributed by atoms with Crippen LogP contribution in [0.3, 0.4) is 0 Å². The molecule has 2 rings (SSSR count). The van der Waals surface area contributed by atoms with Crippen molar-refractivity contribution in [3.8, 4) is 5.75 Å². The van der Waals surface area contributed by atoms with Gasteiger partial charge in [-0.1, -0.05) is 6.07 Å². The van der Waals surface area contributed by atoms with Gasteiger partial charge < -0.3 is 14.7 Å². The summed E-state index contributed by atoms with van der Waals surface area (Å²) in [5.74, 6) is -0.384. The first-order chi connectivity index (χ1) is 9.40. The van der Waals surface area contributed by atoms with E-state index in [2.05, 4.69) is 22.6 Å². The average molecular weight is 389 g/mol. The molecule has 5 nitrogen and oxygen atoms in total. The van der Waals surface area contributed by atoms with Gasteiger partial charge in [-0.05, 0) is 54.1 Å². The standard InChI is InChI=1S/C14H16INO4/c1-14(13(18)19)5-6-16(9-14)12(17)8-20-11-4-2-3-10(15)7-11/h2-4,7H,5-6,8-9H2,1H3,(H,18,19). The lowest BCUT2D eigenvalue weighted by Crippen LogP contribution is -2.37. The quantitative estimate of drug-likeness (QED) is 0.801. The number of ether oxygens (including phenoxy) is 1. The van der Waals surface area contributed by atoms with E-state index < -0.39 is 11.4 Å². The van der Waals surface area contributed by atoms with Crippen molar-refractivity contribution in [3.05, 3.63) is 27.8 Å². The summed E-state index contributed by atoms with van der Waals surface area (Å²) in [5, 5.41) is 9.14. The molecule has 0 spiro atoms. The van der Waals surface area contributed by atoms with Crippen LogP contribution in [-0.4, -0.2) is 41.6 Å². The fraction of sp³-hybridized carbons (Fsp3) is 0.429. The number of likely N-dealkylation sites (tertiary alicyclic amines) is 1. The van der Waals surface area contributed by atoms with Crippen LogP contribution in [0.25, 0.3) is 0 Å². The second-order valence-electron chi connectivity index (χ2n) is 5.18. The molecule has 1 N–H and O–H groups in total. The first-order valence-corrected chi connectivity index (χ1v) is 7.38. The lowest BCUT2D eigenvalue weighted by atomic mass is 9.90. The summed E-state index contributed by atoms with van der Waals surface area (Å²) in [4.78, 5) is 24.7. The predicted molar refractivity (Wildman–Crippen MR) is 81.6 cm³/mol. The van der Waals surface area contributed by atoms with Crippen molar-refractivity contribution >= 4 is 34.5 Å². The van der Waals surface area contributed by atoms with Gasteiger partial charge in [-0.25, -0.2) is 0 Å². The van der Waals surface area contributed by atoms with E-state index in [1.165, 1.54) is 0 Å². The Morgan fingerprint density at radius 1 is 1.50 bits per heavy atom. The van der Waals surface area contributed by atoms with Crippen LogP contribution in [0.2, 0.25) is 0 Å². The van der Waals surface area contributed by atoms with Crippen molar-refractivity contribution in [1.29, 1.82) is 0 Å². The molecule has 1 heterocycles. The van der Waals surface area contributed by atoms with Gasteiger partial charge in [-0.15, -0.1) is 0 Å². The summed E-state index contributed by atoms with van der Waals surface area (Å²) in [6.07, 6.45) is 0.483. The molecule has 1 fully saturated rings. The number of benzene rings is 1. The number of aliphatic carboxylic acids is 1. The van der Waals surface area contributed by atoms with Crippen LogP contribution in [0.4, 0.5) is 0 Å². The van der Waals surface area contributed by atoms with Crippen LogP contribution < -0.4 is 4.74 Å². The van der Waals surface area contributed by atoms with E-state index in [0.29, 0.717) is 18.7 Å². The highest BCUT2D eigenvalue weighted by atomic mass is 127. The number of carbonyl (C=O) groups is 2. The largest absolute Gasteiger partial charge is 0.484 e. The number of hydrogen-bond donors (Lipinski definition) is 1. The molecule has 108 valence electrons. The van der Waals surface area contributed by atoms with Gasteiger partial charge in [-0.3, -0.25) is 9.59 Å². The molecule has 0 aliphatic carbocycles. The van der Waals surface area contributed by atoms with Gasteiger partial charge >= 0.3 is 5.97 Å². The lowest BCUT2D eigenvalue weighted by molar-refractivity contribution is -0.147. The molecule has 0 aromatic heterocycles. The molecule has 1 aromatic carbocycles. The van der Waals surface area contributed by atoms with E-state index in [1.54, 1.807) is 17.9 Å². The minimum Gasteiger partial charge on any atom is -0.484 e. The van der Waals surface area contributed by atoms with E-state index >= 15 is 0 Å². The Hall–Kier alpha value is -1.31. The topological polar surface area (TPSA) is 66.8 Å². The zero-order valence-corrected chi connectivity index (χ0v) is 13.3. The molecule has 1 amide bonds. The summed E-state index contributed by atoms with van der Waals surface area (Å²) in [6.45, 7) is 2.33. The van der Waals surface area contributed by atoms with Gasteiger partial charge in [0.25, 0.3) is 5.91 Å². The number of amides is 1. The second kappa shape index (κ2) is 5.99. The number of rotatable bonds is 4. The Morgan fingerprint density at radius 3 is 2.85 bits per heavy atom. The fourth-order valence-corrected chi connectivity index (χ4v) is 2.66. The molecule has 6 heteroatoms. The third kappa shape index (κ3) is 3.41. The second-order valence-corrected chi connectivity index (χ2v) is 6.42. The normalized spacial score (nSPS) is 21.8. The third-order valence-corrected chi connectivity index (χ3v) is 4.17. The maximum Gasteiger partial charge on any atom is 0.311 e. The number of carboxylic acids is 1. The van der Waals surface area contributed by atoms with Gasteiger partial charge in [0.05, 0.1) is 5.41 Å². The maximum atomic E-state index is 12.0. The van der Waals surface area contributed by atoms with E-state index in [9.17, 15) is 9.59 Å². The molecule has 20 heavy (non-hydrogen) atoms. The summed E-state index contributed by atoms with van der Waals surface area (Å²) in [7, 11) is 0. The van der Waals surface area contributed by atoms with Gasteiger partial charge in [0.15, 0.2) is 6.61 Å². The van der Waals surface area contributed by atoms with Crippen LogP contribution in [0.15, 0.2) is 24.3 Å². The molecule has 0 radical (unpaired) electrons. The van der Waals surface area contributed by atoms with Crippen LogP contribution in [0, 0.1) is 8.99 Å². The maximum absolute atomic E-state index is 12.0. The molecule has 1 saturated heterocycles. The molecule has 0 bridgehead atoms. The van der Waals surface area contributed by atoms with Crippen molar-refractivity contribution in [2.24, 2.45) is 5.41 Å². The van der Waals surface area contributed by atoms with Gasteiger partial charge in [0.2, 0.25) is 0 Å². The zero-order chi connectivity index (χ0) is 14.8. The smallest absolute Gasteiger partial charge is 0.311 e. The number of carbonyl (C=O) groups excluding carboxylic acids is 1. The first-order valence-electron chi connectivity index (χ1n) is 6.30. The van der Waals surface area contributed by atoms with Gasteiger partial charge in [-0.2, -0.15) is 0 Å². The summed E-state index contributed by atoms with van der Waals surface area (Å²) < 4.78 is 6.48. The number of carboxylic acid groups (broad SMARTS) is 1. The lowest BCUT2D eigenvalue weighted by Gasteiger charge is -2.20. The Balaban J connectivity index is 1.89. The van der Waals surface area contributed by atoms with Crippen LogP contribution in [-0.2, 0) is 9.59 Å². The summed E-state index contributed by atoms with van der Waals surface area (Å²) in [6, 6.07) is 7.44. The van der Waals surface area contributed by atoms with E-state index in [0.717, 1.165) is 3.57 Å². The first kappa shape index (κ1) is 15.1. The predicted octanol–water partition coefficient (Wildman–Crippen LogP) is 1.99. The SMILES string of the molecule is CC1(C(=O)O)CCN(C(=O)COc2cccc(I)c2)C1. The molecular formula is C14H16INO4. The third-order valence-electron chi connectivity index (χ3n) is 3.50. The minimum atomic E-state index is -0.855. The van der Waals surface area contributed by atoms with Crippen molar-refractivity contribution in [2.45, 2.75) is 13.3 Å². The van der Waals surface area contributed by atoms with Gasteiger partial charge in [0, 0.05) is 16.7 Å². The molecular weight excluding hydrogens is 373 g/mol. The van der Waals surface area contributed by atoms with Crippen molar-refractivity contribution in [1.82, 2.24) is 4.90 Å². The highest BCUT2D eigenvalue weighted by molar-refractivity contribution is 14.1. The van der Waals surface area contributed by atoms with E-state index in [-0.39, 0.29) is 19.1 Å². The number of halogens is 1. The Morgan fingerprint density at radius 2 is 2.25 bits per heavy atom. The molecule has 1 aromatic rings. The van der Waals surface area contributed by atoms with Crippen LogP contribution >= 0.6 is 22.6 Å². The average Bonchev–Trinajstić information content (AvgIpc) is 2.80. The number of nitrogens with zero attached hydrogens (tertiary/aromatic N) is 1. The molecule has 1 aliphatic heterocycles. The van der Waals surface area contributed by atoms with Gasteiger partial charge in [0.1, 0.15) is 5.75 Å². The fourth-order valence-electron chi connectivity index (χ4n) is 2.14. The van der Waals surface area contributed by atoms with Crippen LogP contribution in [0.5, 0.6) is 5.75 Å². The Bertz CT molecular complexity index is 534. The van der Waals surface area contributed by atoms with Crippen molar-refractivity contribution in [2.75, 3.05) is 19.7 Å². The summed E-state index contributed by atoms with van der Waals surface area (Å²) in [5.41, 5.74) is -0.836. The van der Waals surface area contributed by atoms with E-state index in [4.69, 9.17) is 9.84 Å². The Labute approximate surface area is 131 Å². The molecule has 1 atom stereocenters. The monoisotopic (exact) mass is 389 g/mol. The zero-order valence-electron chi connectivity index (χ0n) is 11.1. The highest BCUT2D eigenvalue weighted by Gasteiger charge is 2.42. The summed E-state index contributed by atoms with van der Waals surface area (Å²) >= 11 is 2.17. The van der Waals surface area contributed by atoms with Crippen molar-refractivity contribution < 1.29 is 19.4 Å².